The molecule has 0 aliphatic carbocycles. The number of aromatic nitrogens is 4. The average molecular weight is 554 g/mol. The van der Waals surface area contributed by atoms with Gasteiger partial charge in [0.1, 0.15) is 5.75 Å². The number of nitrogens with two attached hydrogens (primary N) is 2. The van der Waals surface area contributed by atoms with E-state index in [0.29, 0.717) is 41.5 Å². The van der Waals surface area contributed by atoms with Crippen molar-refractivity contribution in [2.24, 2.45) is 5.73 Å². The summed E-state index contributed by atoms with van der Waals surface area (Å²) in [5, 5.41) is 18.8. The van der Waals surface area contributed by atoms with Gasteiger partial charge in [-0.05, 0) is 68.2 Å². The van der Waals surface area contributed by atoms with Gasteiger partial charge in [-0.25, -0.2) is 9.97 Å². The smallest absolute Gasteiger partial charge is 0.225 e. The molecule has 3 aromatic rings. The first-order valence-corrected chi connectivity index (χ1v) is 14.7. The Morgan fingerprint density at radius 1 is 1.00 bits per heavy atom. The van der Waals surface area contributed by atoms with Gasteiger partial charge in [-0.3, -0.25) is 9.69 Å². The SMILES string of the molecule is NC(=O)CC12CC3CC(c4cnc(N5C6CCC5CN(c5cc(-c7ccccc7O)nnc5N)C6)nc4)CC(C1)N32. The molecule has 8 rings (SSSR count). The summed E-state index contributed by atoms with van der Waals surface area (Å²) in [5.74, 6) is 1.66. The Hall–Kier alpha value is -3.99. The van der Waals surface area contributed by atoms with Gasteiger partial charge in [0.15, 0.2) is 5.82 Å². The molecule has 0 spiro atoms. The summed E-state index contributed by atoms with van der Waals surface area (Å²) in [5.41, 5.74) is 15.2. The fourth-order valence-corrected chi connectivity index (χ4v) is 8.76. The normalized spacial score (nSPS) is 31.8. The Balaban J connectivity index is 0.962. The van der Waals surface area contributed by atoms with E-state index in [0.717, 1.165) is 63.3 Å². The topological polar surface area (TPSA) is 151 Å². The van der Waals surface area contributed by atoms with Gasteiger partial charge in [0.25, 0.3) is 0 Å². The number of carbonyl (C=O) groups is 1. The number of rotatable bonds is 6. The molecule has 7 heterocycles. The van der Waals surface area contributed by atoms with Crippen molar-refractivity contribution in [1.29, 1.82) is 0 Å². The largest absolute Gasteiger partial charge is 0.507 e. The summed E-state index contributed by atoms with van der Waals surface area (Å²) in [7, 11) is 0. The number of phenolic OH excluding ortho intramolecular Hbond substituents is 1. The standard InChI is InChI=1S/C30H35N9O2/c31-27(41)12-30-10-21-7-17(8-22(11-30)39(21)30)18-13-33-29(34-14-18)38-19-5-6-20(38)16-37(15-19)25-9-24(35-36-28(25)32)23-3-1-2-4-26(23)40/h1-4,9,13-14,17,19-22,40H,5-8,10-12,15-16H2,(H2,31,41)(H2,32,36). The van der Waals surface area contributed by atoms with Crippen molar-refractivity contribution >= 4 is 23.4 Å². The van der Waals surface area contributed by atoms with Gasteiger partial charge in [0.2, 0.25) is 11.9 Å². The second-order valence-corrected chi connectivity index (χ2v) is 12.7. The van der Waals surface area contributed by atoms with E-state index >= 15 is 0 Å². The molecular weight excluding hydrogens is 518 g/mol. The zero-order valence-electron chi connectivity index (χ0n) is 22.9. The number of para-hydroxylation sites is 1. The molecule has 4 unspecified atom stereocenters. The number of hydrogen-bond donors (Lipinski definition) is 3. The summed E-state index contributed by atoms with van der Waals surface area (Å²) < 4.78 is 0. The molecule has 2 aromatic heterocycles. The predicted molar refractivity (Wildman–Crippen MR) is 154 cm³/mol. The van der Waals surface area contributed by atoms with E-state index in [4.69, 9.17) is 21.4 Å². The first kappa shape index (κ1) is 24.8. The molecule has 2 bridgehead atoms. The molecule has 1 amide bonds. The van der Waals surface area contributed by atoms with Crippen molar-refractivity contribution in [3.8, 4) is 17.0 Å². The lowest BCUT2D eigenvalue weighted by Crippen LogP contribution is -2.80. The molecule has 11 nitrogen and oxygen atoms in total. The van der Waals surface area contributed by atoms with E-state index < -0.39 is 0 Å². The van der Waals surface area contributed by atoms with Gasteiger partial charge in [-0.2, -0.15) is 0 Å². The van der Waals surface area contributed by atoms with Crippen LogP contribution in [-0.2, 0) is 4.79 Å². The highest BCUT2D eigenvalue weighted by Gasteiger charge is 2.65. The van der Waals surface area contributed by atoms with Crippen LogP contribution in [0.1, 0.15) is 56.4 Å². The van der Waals surface area contributed by atoms with E-state index in [1.807, 2.05) is 30.6 Å². The van der Waals surface area contributed by atoms with Crippen LogP contribution in [0.25, 0.3) is 11.3 Å². The maximum absolute atomic E-state index is 11.5. The number of piperazine rings is 1. The van der Waals surface area contributed by atoms with Crippen LogP contribution in [0.15, 0.2) is 42.7 Å². The van der Waals surface area contributed by atoms with Crippen molar-refractivity contribution in [1.82, 2.24) is 25.1 Å². The predicted octanol–water partition coefficient (Wildman–Crippen LogP) is 2.42. The summed E-state index contributed by atoms with van der Waals surface area (Å²) in [6.45, 7) is 1.60. The minimum absolute atomic E-state index is 0.0653. The molecule has 5 aliphatic heterocycles. The molecule has 5 N–H and O–H groups in total. The van der Waals surface area contributed by atoms with Crippen LogP contribution >= 0.6 is 0 Å². The van der Waals surface area contributed by atoms with Crippen LogP contribution < -0.4 is 21.3 Å². The monoisotopic (exact) mass is 553 g/mol. The first-order chi connectivity index (χ1) is 19.9. The molecule has 5 fully saturated rings. The fraction of sp³-hybridized carbons (Fsp3) is 0.500. The maximum Gasteiger partial charge on any atom is 0.225 e. The van der Waals surface area contributed by atoms with E-state index in [1.165, 1.54) is 5.56 Å². The van der Waals surface area contributed by atoms with Crippen molar-refractivity contribution in [3.05, 3.63) is 48.3 Å². The second-order valence-electron chi connectivity index (χ2n) is 12.7. The zero-order valence-corrected chi connectivity index (χ0v) is 22.9. The van der Waals surface area contributed by atoms with Gasteiger partial charge in [0, 0.05) is 67.2 Å². The lowest BCUT2D eigenvalue weighted by Gasteiger charge is -2.73. The highest BCUT2D eigenvalue weighted by atomic mass is 16.3. The van der Waals surface area contributed by atoms with Crippen molar-refractivity contribution < 1.29 is 9.90 Å². The van der Waals surface area contributed by atoms with E-state index in [-0.39, 0.29) is 29.3 Å². The number of anilines is 3. The quantitative estimate of drug-likeness (QED) is 0.415. The number of piperidine rings is 2. The summed E-state index contributed by atoms with van der Waals surface area (Å²) >= 11 is 0. The Labute approximate surface area is 238 Å². The molecule has 5 saturated heterocycles. The zero-order chi connectivity index (χ0) is 27.9. The molecule has 212 valence electrons. The molecular formula is C30H35N9O2. The summed E-state index contributed by atoms with van der Waals surface area (Å²) in [4.78, 5) is 28.6. The lowest BCUT2D eigenvalue weighted by molar-refractivity contribution is -0.224. The van der Waals surface area contributed by atoms with Crippen LogP contribution in [0.2, 0.25) is 0 Å². The minimum Gasteiger partial charge on any atom is -0.507 e. The summed E-state index contributed by atoms with van der Waals surface area (Å²) in [6.07, 6.45) is 11.1. The van der Waals surface area contributed by atoms with Crippen LogP contribution in [-0.4, -0.2) is 78.9 Å². The third-order valence-electron chi connectivity index (χ3n) is 10.3. The number of fused-ring (bicyclic) bond motifs is 2. The number of phenols is 1. The number of nitrogens with zero attached hydrogens (tertiary/aromatic N) is 7. The number of primary amides is 1. The Morgan fingerprint density at radius 3 is 2.34 bits per heavy atom. The summed E-state index contributed by atoms with van der Waals surface area (Å²) in [6, 6.07) is 10.8. The average Bonchev–Trinajstić information content (AvgIpc) is 3.20. The van der Waals surface area contributed by atoms with E-state index in [2.05, 4.69) is 24.9 Å². The number of nitrogen functional groups attached to an aromatic ring is 1. The van der Waals surface area contributed by atoms with Gasteiger partial charge in [0.05, 0.1) is 11.4 Å². The van der Waals surface area contributed by atoms with Crippen molar-refractivity contribution in [2.75, 3.05) is 28.6 Å². The van der Waals surface area contributed by atoms with Crippen LogP contribution in [0, 0.1) is 0 Å². The number of carbonyl (C=O) groups excluding carboxylic acids is 1. The Morgan fingerprint density at radius 2 is 1.68 bits per heavy atom. The lowest BCUT2D eigenvalue weighted by atomic mass is 9.56. The van der Waals surface area contributed by atoms with Gasteiger partial charge >= 0.3 is 0 Å². The number of amides is 1. The van der Waals surface area contributed by atoms with E-state index in [1.54, 1.807) is 12.1 Å². The molecule has 41 heavy (non-hydrogen) atoms. The molecule has 11 heteroatoms. The first-order valence-electron chi connectivity index (χ1n) is 14.7. The van der Waals surface area contributed by atoms with Crippen LogP contribution in [0.4, 0.5) is 17.5 Å². The molecule has 0 radical (unpaired) electrons. The third-order valence-corrected chi connectivity index (χ3v) is 10.3. The molecule has 0 saturated carbocycles. The minimum atomic E-state index is -0.180. The highest BCUT2D eigenvalue weighted by Crippen LogP contribution is 2.60. The molecule has 1 aromatic carbocycles. The number of benzene rings is 1. The number of hydrogen-bond acceptors (Lipinski definition) is 10. The number of aromatic hydroxyl groups is 1. The fourth-order valence-electron chi connectivity index (χ4n) is 8.76. The maximum atomic E-state index is 11.5. The third kappa shape index (κ3) is 3.85. The highest BCUT2D eigenvalue weighted by molar-refractivity contribution is 5.76. The van der Waals surface area contributed by atoms with Crippen LogP contribution in [0.5, 0.6) is 5.75 Å². The van der Waals surface area contributed by atoms with Crippen LogP contribution in [0.3, 0.4) is 0 Å². The molecule has 5 aliphatic rings. The van der Waals surface area contributed by atoms with E-state index in [9.17, 15) is 9.90 Å². The van der Waals surface area contributed by atoms with Gasteiger partial charge in [-0.15, -0.1) is 10.2 Å². The van der Waals surface area contributed by atoms with Crippen molar-refractivity contribution in [3.63, 3.8) is 0 Å². The Bertz CT molecular complexity index is 1480. The Kier molecular flexibility index (Phi) is 5.44. The van der Waals surface area contributed by atoms with Gasteiger partial charge in [-0.1, -0.05) is 12.1 Å². The second kappa shape index (κ2) is 9.01. The van der Waals surface area contributed by atoms with Crippen molar-refractivity contribution in [2.45, 2.75) is 80.6 Å². The van der Waals surface area contributed by atoms with Gasteiger partial charge < -0.3 is 26.4 Å². The molecule has 4 atom stereocenters.